The van der Waals surface area contributed by atoms with Crippen LogP contribution in [0.2, 0.25) is 0 Å². The standard InChI is InChI=1S/C14H25N5/c1-8-19(9-10(2)3)14-16-12(11(4)5)15-13(17-14)18(6)7/h11H,2,8-9H2,1,3-7H3. The molecule has 0 aliphatic heterocycles. The van der Waals surface area contributed by atoms with E-state index in [-0.39, 0.29) is 5.92 Å². The van der Waals surface area contributed by atoms with E-state index in [0.717, 1.165) is 30.4 Å². The first-order chi connectivity index (χ1) is 8.85. The molecule has 0 aliphatic rings. The minimum Gasteiger partial charge on any atom is -0.347 e. The average molecular weight is 263 g/mol. The highest BCUT2D eigenvalue weighted by Crippen LogP contribution is 2.18. The van der Waals surface area contributed by atoms with Crippen molar-refractivity contribution in [3.05, 3.63) is 18.0 Å². The molecule has 0 atom stereocenters. The third-order valence-electron chi connectivity index (χ3n) is 2.67. The van der Waals surface area contributed by atoms with Crippen molar-refractivity contribution >= 4 is 11.9 Å². The third kappa shape index (κ3) is 4.19. The van der Waals surface area contributed by atoms with Crippen LogP contribution in [0.3, 0.4) is 0 Å². The molecule has 0 aliphatic carbocycles. The van der Waals surface area contributed by atoms with Gasteiger partial charge < -0.3 is 9.80 Å². The molecule has 0 saturated carbocycles. The second kappa shape index (κ2) is 6.50. The molecular weight excluding hydrogens is 238 g/mol. The van der Waals surface area contributed by atoms with E-state index < -0.39 is 0 Å². The van der Waals surface area contributed by atoms with E-state index in [1.807, 2.05) is 25.9 Å². The lowest BCUT2D eigenvalue weighted by molar-refractivity contribution is 0.731. The van der Waals surface area contributed by atoms with Crippen LogP contribution >= 0.6 is 0 Å². The molecule has 19 heavy (non-hydrogen) atoms. The van der Waals surface area contributed by atoms with E-state index in [9.17, 15) is 0 Å². The molecule has 0 aromatic carbocycles. The molecule has 1 aromatic rings. The van der Waals surface area contributed by atoms with Crippen LogP contribution in [0.15, 0.2) is 12.2 Å². The zero-order valence-corrected chi connectivity index (χ0v) is 12.9. The van der Waals surface area contributed by atoms with Gasteiger partial charge in [-0.15, -0.1) is 0 Å². The molecule has 0 unspecified atom stereocenters. The maximum absolute atomic E-state index is 4.58. The first-order valence-electron chi connectivity index (χ1n) is 6.67. The summed E-state index contributed by atoms with van der Waals surface area (Å²) < 4.78 is 0. The number of hydrogen-bond donors (Lipinski definition) is 0. The Labute approximate surface area is 116 Å². The normalized spacial score (nSPS) is 10.7. The molecule has 1 rings (SSSR count). The lowest BCUT2D eigenvalue weighted by Crippen LogP contribution is -2.28. The molecule has 5 nitrogen and oxygen atoms in total. The van der Waals surface area contributed by atoms with E-state index in [2.05, 4.69) is 47.2 Å². The SMILES string of the molecule is C=C(C)CN(CC)c1nc(C(C)C)nc(N(C)C)n1. The predicted octanol–water partition coefficient (Wildman–Crippen LogP) is 2.46. The Morgan fingerprint density at radius 1 is 1.16 bits per heavy atom. The van der Waals surface area contributed by atoms with Crippen molar-refractivity contribution in [2.45, 2.75) is 33.6 Å². The van der Waals surface area contributed by atoms with Gasteiger partial charge >= 0.3 is 0 Å². The number of aromatic nitrogens is 3. The van der Waals surface area contributed by atoms with Gasteiger partial charge in [-0.1, -0.05) is 26.0 Å². The van der Waals surface area contributed by atoms with E-state index in [1.165, 1.54) is 0 Å². The summed E-state index contributed by atoms with van der Waals surface area (Å²) in [5.74, 6) is 2.54. The average Bonchev–Trinajstić information content (AvgIpc) is 2.34. The number of nitrogens with zero attached hydrogens (tertiary/aromatic N) is 5. The van der Waals surface area contributed by atoms with Crippen LogP contribution in [0.1, 0.15) is 39.4 Å². The monoisotopic (exact) mass is 263 g/mol. The number of rotatable bonds is 6. The molecule has 0 bridgehead atoms. The van der Waals surface area contributed by atoms with Gasteiger partial charge in [0.1, 0.15) is 5.82 Å². The Hall–Kier alpha value is -1.65. The Bertz CT molecular complexity index is 413. The molecular formula is C14H25N5. The molecule has 106 valence electrons. The number of likely N-dealkylation sites (N-methyl/N-ethyl adjacent to an activating group) is 1. The van der Waals surface area contributed by atoms with Gasteiger partial charge in [-0.3, -0.25) is 0 Å². The summed E-state index contributed by atoms with van der Waals surface area (Å²) in [6, 6.07) is 0. The van der Waals surface area contributed by atoms with Crippen molar-refractivity contribution in [3.63, 3.8) is 0 Å². The van der Waals surface area contributed by atoms with Crippen molar-refractivity contribution < 1.29 is 0 Å². The van der Waals surface area contributed by atoms with Gasteiger partial charge in [0.25, 0.3) is 0 Å². The van der Waals surface area contributed by atoms with Crippen LogP contribution in [0.25, 0.3) is 0 Å². The van der Waals surface area contributed by atoms with Crippen LogP contribution in [-0.2, 0) is 0 Å². The van der Waals surface area contributed by atoms with Gasteiger partial charge in [0, 0.05) is 33.1 Å². The Morgan fingerprint density at radius 3 is 2.16 bits per heavy atom. The predicted molar refractivity (Wildman–Crippen MR) is 80.9 cm³/mol. The van der Waals surface area contributed by atoms with Gasteiger partial charge in [0.2, 0.25) is 11.9 Å². The van der Waals surface area contributed by atoms with Gasteiger partial charge in [0.15, 0.2) is 0 Å². The largest absolute Gasteiger partial charge is 0.347 e. The highest BCUT2D eigenvalue weighted by atomic mass is 15.3. The van der Waals surface area contributed by atoms with Crippen LogP contribution in [-0.4, -0.2) is 42.1 Å². The molecule has 0 spiro atoms. The Morgan fingerprint density at radius 2 is 1.74 bits per heavy atom. The topological polar surface area (TPSA) is 45.2 Å². The summed E-state index contributed by atoms with van der Waals surface area (Å²) in [5, 5.41) is 0. The molecule has 1 heterocycles. The maximum atomic E-state index is 4.58. The molecule has 0 N–H and O–H groups in total. The fourth-order valence-corrected chi connectivity index (χ4v) is 1.62. The zero-order chi connectivity index (χ0) is 14.6. The quantitative estimate of drug-likeness (QED) is 0.738. The summed E-state index contributed by atoms with van der Waals surface area (Å²) in [6.45, 7) is 13.9. The molecule has 0 amide bonds. The molecule has 1 aromatic heterocycles. The smallest absolute Gasteiger partial charge is 0.230 e. The van der Waals surface area contributed by atoms with Crippen molar-refractivity contribution in [2.24, 2.45) is 0 Å². The summed E-state index contributed by atoms with van der Waals surface area (Å²) in [5.41, 5.74) is 1.10. The number of anilines is 2. The molecule has 0 saturated heterocycles. The molecule has 5 heteroatoms. The fraction of sp³-hybridized carbons (Fsp3) is 0.643. The first-order valence-corrected chi connectivity index (χ1v) is 6.67. The second-order valence-corrected chi connectivity index (χ2v) is 5.31. The van der Waals surface area contributed by atoms with Gasteiger partial charge in [-0.2, -0.15) is 15.0 Å². The van der Waals surface area contributed by atoms with Gasteiger partial charge in [-0.05, 0) is 13.8 Å². The maximum Gasteiger partial charge on any atom is 0.230 e. The lowest BCUT2D eigenvalue weighted by Gasteiger charge is -2.23. The highest BCUT2D eigenvalue weighted by molar-refractivity contribution is 5.39. The van der Waals surface area contributed by atoms with E-state index in [4.69, 9.17) is 0 Å². The minimum absolute atomic E-state index is 0.281. The van der Waals surface area contributed by atoms with Crippen LogP contribution < -0.4 is 9.80 Å². The van der Waals surface area contributed by atoms with Gasteiger partial charge in [0.05, 0.1) is 0 Å². The summed E-state index contributed by atoms with van der Waals surface area (Å²) in [6.07, 6.45) is 0. The van der Waals surface area contributed by atoms with Crippen molar-refractivity contribution in [1.82, 2.24) is 15.0 Å². The lowest BCUT2D eigenvalue weighted by atomic mass is 10.2. The van der Waals surface area contributed by atoms with E-state index >= 15 is 0 Å². The zero-order valence-electron chi connectivity index (χ0n) is 12.9. The Balaban J connectivity index is 3.20. The van der Waals surface area contributed by atoms with E-state index in [1.54, 1.807) is 0 Å². The molecule has 0 radical (unpaired) electrons. The molecule has 0 fully saturated rings. The van der Waals surface area contributed by atoms with Gasteiger partial charge in [-0.25, -0.2) is 0 Å². The van der Waals surface area contributed by atoms with Crippen molar-refractivity contribution in [1.29, 1.82) is 0 Å². The van der Waals surface area contributed by atoms with Crippen LogP contribution in [0.4, 0.5) is 11.9 Å². The highest BCUT2D eigenvalue weighted by Gasteiger charge is 2.15. The minimum atomic E-state index is 0.281. The summed E-state index contributed by atoms with van der Waals surface area (Å²) in [4.78, 5) is 17.6. The fourth-order valence-electron chi connectivity index (χ4n) is 1.62. The Kier molecular flexibility index (Phi) is 5.27. The second-order valence-electron chi connectivity index (χ2n) is 5.31. The van der Waals surface area contributed by atoms with Crippen LogP contribution in [0.5, 0.6) is 0 Å². The third-order valence-corrected chi connectivity index (χ3v) is 2.67. The van der Waals surface area contributed by atoms with Crippen molar-refractivity contribution in [3.8, 4) is 0 Å². The summed E-state index contributed by atoms with van der Waals surface area (Å²) in [7, 11) is 3.89. The summed E-state index contributed by atoms with van der Waals surface area (Å²) >= 11 is 0. The first kappa shape index (κ1) is 15.4. The van der Waals surface area contributed by atoms with Crippen molar-refractivity contribution in [2.75, 3.05) is 37.0 Å². The van der Waals surface area contributed by atoms with E-state index in [0.29, 0.717) is 5.95 Å². The number of hydrogen-bond acceptors (Lipinski definition) is 5. The van der Waals surface area contributed by atoms with Crippen LogP contribution in [0, 0.1) is 0 Å².